The normalized spacial score (nSPS) is 10.1. The molecular weight excluding hydrogens is 322 g/mol. The first kappa shape index (κ1) is 18.3. The van der Waals surface area contributed by atoms with Crippen molar-refractivity contribution in [1.29, 1.82) is 0 Å². The van der Waals surface area contributed by atoms with Crippen LogP contribution in [-0.2, 0) is 9.53 Å². The lowest BCUT2D eigenvalue weighted by Crippen LogP contribution is -2.31. The fourth-order valence-electron chi connectivity index (χ4n) is 2.17. The second-order valence-electron chi connectivity index (χ2n) is 5.48. The van der Waals surface area contributed by atoms with Crippen LogP contribution in [0, 0.1) is 5.21 Å². The van der Waals surface area contributed by atoms with E-state index in [0.717, 1.165) is 18.7 Å². The highest BCUT2D eigenvalue weighted by atomic mass is 16.5. The molecule has 0 aliphatic carbocycles. The Morgan fingerprint density at radius 2 is 1.84 bits per heavy atom. The van der Waals surface area contributed by atoms with E-state index in [-0.39, 0.29) is 18.1 Å². The summed E-state index contributed by atoms with van der Waals surface area (Å²) in [6.45, 7) is 0.942. The molecule has 0 saturated heterocycles. The number of rotatable bonds is 8. The molecule has 0 atom stereocenters. The summed E-state index contributed by atoms with van der Waals surface area (Å²) in [6.07, 6.45) is 3.16. The summed E-state index contributed by atoms with van der Waals surface area (Å²) < 4.78 is 5.47. The number of hydrogen-bond donors (Lipinski definition) is 1. The van der Waals surface area contributed by atoms with E-state index in [4.69, 9.17) is 4.74 Å². The van der Waals surface area contributed by atoms with E-state index >= 15 is 0 Å². The van der Waals surface area contributed by atoms with E-state index in [9.17, 15) is 14.8 Å². The molecule has 1 heterocycles. The van der Waals surface area contributed by atoms with Crippen LogP contribution in [-0.4, -0.2) is 38.6 Å². The number of amides is 1. The molecule has 0 spiro atoms. The topological polar surface area (TPSA) is 85.6 Å². The summed E-state index contributed by atoms with van der Waals surface area (Å²) in [5, 5.41) is 13.6. The fraction of sp³-hybridized carbons (Fsp3) is 0.278. The lowest BCUT2D eigenvalue weighted by molar-refractivity contribution is -0.605. The largest absolute Gasteiger partial charge is 0.619 e. The van der Waals surface area contributed by atoms with Gasteiger partial charge in [-0.1, -0.05) is 18.2 Å². The van der Waals surface area contributed by atoms with Crippen molar-refractivity contribution < 1.29 is 19.1 Å². The fourth-order valence-corrected chi connectivity index (χ4v) is 2.17. The van der Waals surface area contributed by atoms with E-state index in [1.165, 1.54) is 24.5 Å². The predicted octanol–water partition coefficient (Wildman–Crippen LogP) is 1.12. The number of nitrogens with zero attached hydrogens (tertiary/aromatic N) is 2. The van der Waals surface area contributed by atoms with Gasteiger partial charge in [-0.25, -0.2) is 4.79 Å². The number of benzene rings is 1. The highest BCUT2D eigenvalue weighted by molar-refractivity contribution is 5.91. The maximum absolute atomic E-state index is 11.7. The number of esters is 1. The molecule has 0 bridgehead atoms. The van der Waals surface area contributed by atoms with Gasteiger partial charge < -0.3 is 20.2 Å². The molecule has 1 aromatic carbocycles. The van der Waals surface area contributed by atoms with Gasteiger partial charge in [0.2, 0.25) is 0 Å². The van der Waals surface area contributed by atoms with Crippen LogP contribution in [0.25, 0.3) is 0 Å². The van der Waals surface area contributed by atoms with Crippen molar-refractivity contribution in [1.82, 2.24) is 5.32 Å². The second kappa shape index (κ2) is 9.27. The molecule has 0 aliphatic rings. The van der Waals surface area contributed by atoms with Crippen LogP contribution in [0.3, 0.4) is 0 Å². The zero-order valence-corrected chi connectivity index (χ0v) is 14.1. The quantitative estimate of drug-likeness (QED) is 0.336. The Morgan fingerprint density at radius 3 is 2.52 bits per heavy atom. The van der Waals surface area contributed by atoms with Gasteiger partial charge in [0.1, 0.15) is 0 Å². The number of carbonyl (C=O) groups is 2. The van der Waals surface area contributed by atoms with Gasteiger partial charge in [0, 0.05) is 38.0 Å². The van der Waals surface area contributed by atoms with Crippen molar-refractivity contribution in [2.45, 2.75) is 6.42 Å². The molecule has 7 nitrogen and oxygen atoms in total. The first-order valence-corrected chi connectivity index (χ1v) is 7.95. The summed E-state index contributed by atoms with van der Waals surface area (Å²) in [5.41, 5.74) is 1.34. The SMILES string of the molecule is CN(CCCNC(=O)COC(=O)c1cc[n+]([O-])cc1)c1ccccc1. The van der Waals surface area contributed by atoms with Crippen molar-refractivity contribution in [3.05, 3.63) is 65.6 Å². The maximum Gasteiger partial charge on any atom is 0.339 e. The summed E-state index contributed by atoms with van der Waals surface area (Å²) >= 11 is 0. The molecule has 0 fully saturated rings. The van der Waals surface area contributed by atoms with Crippen LogP contribution in [0.15, 0.2) is 54.9 Å². The summed E-state index contributed by atoms with van der Waals surface area (Å²) in [7, 11) is 1.99. The van der Waals surface area contributed by atoms with Gasteiger partial charge >= 0.3 is 5.97 Å². The van der Waals surface area contributed by atoms with Crippen molar-refractivity contribution in [2.75, 3.05) is 31.6 Å². The molecule has 0 unspecified atom stereocenters. The molecule has 0 radical (unpaired) electrons. The Labute approximate surface area is 146 Å². The molecule has 0 saturated carbocycles. The number of nitrogens with one attached hydrogen (secondary N) is 1. The second-order valence-corrected chi connectivity index (χ2v) is 5.48. The summed E-state index contributed by atoms with van der Waals surface area (Å²) in [6, 6.07) is 12.6. The van der Waals surface area contributed by atoms with Crippen LogP contribution in [0.2, 0.25) is 0 Å². The number of ether oxygens (including phenoxy) is 1. The van der Waals surface area contributed by atoms with E-state index in [1.54, 1.807) is 0 Å². The average Bonchev–Trinajstić information content (AvgIpc) is 2.64. The van der Waals surface area contributed by atoms with E-state index in [2.05, 4.69) is 10.2 Å². The third-order valence-corrected chi connectivity index (χ3v) is 3.56. The van der Waals surface area contributed by atoms with Crippen LogP contribution in [0.5, 0.6) is 0 Å². The molecule has 25 heavy (non-hydrogen) atoms. The summed E-state index contributed by atoms with van der Waals surface area (Å²) in [4.78, 5) is 25.5. The molecule has 1 N–H and O–H groups in total. The molecule has 132 valence electrons. The Kier molecular flexibility index (Phi) is 6.76. The molecule has 1 aromatic heterocycles. The van der Waals surface area contributed by atoms with Crippen LogP contribution >= 0.6 is 0 Å². The Hall–Kier alpha value is -3.09. The molecule has 2 rings (SSSR count). The Balaban J connectivity index is 1.62. The van der Waals surface area contributed by atoms with Gasteiger partial charge in [-0.3, -0.25) is 4.79 Å². The van der Waals surface area contributed by atoms with Crippen LogP contribution in [0.1, 0.15) is 16.8 Å². The number of hydrogen-bond acceptors (Lipinski definition) is 5. The zero-order valence-electron chi connectivity index (χ0n) is 14.1. The van der Waals surface area contributed by atoms with Gasteiger partial charge in [0.15, 0.2) is 19.0 Å². The molecule has 0 aliphatic heterocycles. The smallest absolute Gasteiger partial charge is 0.339 e. The number of carbonyl (C=O) groups excluding carboxylic acids is 2. The monoisotopic (exact) mass is 343 g/mol. The van der Waals surface area contributed by atoms with Crippen molar-refractivity contribution in [3.8, 4) is 0 Å². The molecule has 7 heteroatoms. The highest BCUT2D eigenvalue weighted by Gasteiger charge is 2.11. The average molecular weight is 343 g/mol. The van der Waals surface area contributed by atoms with E-state index in [0.29, 0.717) is 11.3 Å². The van der Waals surface area contributed by atoms with Crippen molar-refractivity contribution in [2.24, 2.45) is 0 Å². The molecule has 1 amide bonds. The molecular formula is C18H21N3O4. The van der Waals surface area contributed by atoms with Crippen LogP contribution in [0.4, 0.5) is 5.69 Å². The van der Waals surface area contributed by atoms with Gasteiger partial charge in [0.25, 0.3) is 5.91 Å². The molecule has 2 aromatic rings. The van der Waals surface area contributed by atoms with E-state index < -0.39 is 5.97 Å². The van der Waals surface area contributed by atoms with Crippen LogP contribution < -0.4 is 14.9 Å². The van der Waals surface area contributed by atoms with Gasteiger partial charge in [0.05, 0.1) is 5.56 Å². The number of para-hydroxylation sites is 1. The third-order valence-electron chi connectivity index (χ3n) is 3.56. The lowest BCUT2D eigenvalue weighted by Gasteiger charge is -2.19. The number of pyridine rings is 1. The predicted molar refractivity (Wildman–Crippen MR) is 93.0 cm³/mol. The zero-order chi connectivity index (χ0) is 18.1. The third kappa shape index (κ3) is 6.14. The standard InChI is InChI=1S/C18H21N3O4/c1-20(16-6-3-2-4-7-16)11-5-10-19-17(22)14-25-18(23)15-8-12-21(24)13-9-15/h2-4,6-9,12-13H,5,10-11,14H2,1H3,(H,19,22). The minimum atomic E-state index is -0.639. The maximum atomic E-state index is 11.7. The lowest BCUT2D eigenvalue weighted by atomic mass is 10.3. The first-order valence-electron chi connectivity index (χ1n) is 7.95. The highest BCUT2D eigenvalue weighted by Crippen LogP contribution is 2.10. The van der Waals surface area contributed by atoms with Gasteiger partial charge in [-0.05, 0) is 18.6 Å². The summed E-state index contributed by atoms with van der Waals surface area (Å²) in [5.74, 6) is -0.995. The number of anilines is 1. The van der Waals surface area contributed by atoms with Gasteiger partial charge in [-0.15, -0.1) is 0 Å². The minimum Gasteiger partial charge on any atom is -0.619 e. The Morgan fingerprint density at radius 1 is 1.16 bits per heavy atom. The van der Waals surface area contributed by atoms with E-state index in [1.807, 2.05) is 37.4 Å². The van der Waals surface area contributed by atoms with Crippen molar-refractivity contribution >= 4 is 17.6 Å². The minimum absolute atomic E-state index is 0.226. The first-order chi connectivity index (χ1) is 12.1. The number of aromatic nitrogens is 1. The Bertz CT molecular complexity index is 689. The van der Waals surface area contributed by atoms with Gasteiger partial charge in [-0.2, -0.15) is 4.73 Å². The van der Waals surface area contributed by atoms with Crippen molar-refractivity contribution in [3.63, 3.8) is 0 Å².